The minimum Gasteiger partial charge on any atom is -0.376 e. The van der Waals surface area contributed by atoms with Crippen molar-refractivity contribution in [2.24, 2.45) is 0 Å². The van der Waals surface area contributed by atoms with Crippen molar-refractivity contribution < 1.29 is 13.9 Å². The third kappa shape index (κ3) is 6.04. The first kappa shape index (κ1) is 24.4. The largest absolute Gasteiger partial charge is 0.376 e. The monoisotopic (exact) mass is 482 g/mol. The fourth-order valence-electron chi connectivity index (χ4n) is 4.03. The Balaban J connectivity index is 1.53. The van der Waals surface area contributed by atoms with Crippen LogP contribution in [0.1, 0.15) is 39.2 Å². The quantitative estimate of drug-likeness (QED) is 0.414. The number of ether oxygens (including phenoxy) is 1. The lowest BCUT2D eigenvalue weighted by Crippen LogP contribution is -2.46. The molecule has 4 rings (SSSR count). The molecule has 0 spiro atoms. The second-order valence-electron chi connectivity index (χ2n) is 9.48. The summed E-state index contributed by atoms with van der Waals surface area (Å²) in [4.78, 5) is 15.2. The molecule has 1 aliphatic heterocycles. The number of carbonyl (C=O) groups excluding carboxylic acids is 1. The van der Waals surface area contributed by atoms with E-state index in [9.17, 15) is 9.18 Å². The fourth-order valence-corrected chi connectivity index (χ4v) is 4.86. The molecule has 8 heteroatoms. The van der Waals surface area contributed by atoms with Gasteiger partial charge in [-0.1, -0.05) is 42.1 Å². The van der Waals surface area contributed by atoms with Crippen LogP contribution < -0.4 is 0 Å². The van der Waals surface area contributed by atoms with E-state index in [-0.39, 0.29) is 29.1 Å². The lowest BCUT2D eigenvalue weighted by Gasteiger charge is -2.36. The molecule has 0 bridgehead atoms. The number of thioether (sulfide) groups is 1. The lowest BCUT2D eigenvalue weighted by molar-refractivity contribution is -0.133. The van der Waals surface area contributed by atoms with Gasteiger partial charge in [0, 0.05) is 24.3 Å². The van der Waals surface area contributed by atoms with E-state index in [0.29, 0.717) is 24.1 Å². The van der Waals surface area contributed by atoms with Crippen LogP contribution in [0.15, 0.2) is 59.8 Å². The Kier molecular flexibility index (Phi) is 7.68. The smallest absolute Gasteiger partial charge is 0.233 e. The van der Waals surface area contributed by atoms with Crippen molar-refractivity contribution in [3.63, 3.8) is 0 Å². The van der Waals surface area contributed by atoms with Crippen molar-refractivity contribution in [1.29, 1.82) is 0 Å². The van der Waals surface area contributed by atoms with Gasteiger partial charge in [-0.2, -0.15) is 0 Å². The first-order valence-corrected chi connectivity index (χ1v) is 12.6. The van der Waals surface area contributed by atoms with Gasteiger partial charge in [-0.15, -0.1) is 10.2 Å². The van der Waals surface area contributed by atoms with Crippen molar-refractivity contribution in [2.75, 3.05) is 12.4 Å². The summed E-state index contributed by atoms with van der Waals surface area (Å²) in [7, 11) is 0. The van der Waals surface area contributed by atoms with Gasteiger partial charge < -0.3 is 9.64 Å². The average molecular weight is 483 g/mol. The molecule has 0 aliphatic carbocycles. The van der Waals surface area contributed by atoms with Gasteiger partial charge in [0.2, 0.25) is 5.91 Å². The third-order valence-electron chi connectivity index (χ3n) is 5.85. The van der Waals surface area contributed by atoms with Crippen molar-refractivity contribution in [1.82, 2.24) is 19.7 Å². The summed E-state index contributed by atoms with van der Waals surface area (Å²) in [5.41, 5.74) is 1.55. The first-order valence-electron chi connectivity index (χ1n) is 11.6. The summed E-state index contributed by atoms with van der Waals surface area (Å²) in [5, 5.41) is 9.44. The van der Waals surface area contributed by atoms with Crippen molar-refractivity contribution >= 4 is 17.7 Å². The predicted octanol–water partition coefficient (Wildman–Crippen LogP) is 5.18. The number of rotatable bonds is 8. The van der Waals surface area contributed by atoms with Crippen LogP contribution in [-0.2, 0) is 22.6 Å². The lowest BCUT2D eigenvalue weighted by atomic mass is 10.0. The zero-order valence-electron chi connectivity index (χ0n) is 19.9. The van der Waals surface area contributed by atoms with Gasteiger partial charge in [0.05, 0.1) is 18.4 Å². The molecule has 1 aromatic heterocycles. The van der Waals surface area contributed by atoms with E-state index in [2.05, 4.69) is 10.2 Å². The van der Waals surface area contributed by atoms with E-state index in [1.165, 1.54) is 23.9 Å². The van der Waals surface area contributed by atoms with E-state index in [1.807, 2.05) is 60.6 Å². The molecule has 1 aliphatic rings. The Bertz CT molecular complexity index is 1090. The number of halogens is 1. The SMILES string of the molecule is CC(C)(C)N(Cc1ccccc1)C(=O)CSc1nnc(-c2ccc(F)cc2)n1C[C@@H]1CCCO1. The summed E-state index contributed by atoms with van der Waals surface area (Å²) in [6, 6.07) is 16.3. The molecule has 0 radical (unpaired) electrons. The zero-order valence-corrected chi connectivity index (χ0v) is 20.7. The maximum Gasteiger partial charge on any atom is 0.233 e. The molecular weight excluding hydrogens is 451 g/mol. The van der Waals surface area contributed by atoms with Gasteiger partial charge in [-0.05, 0) is 63.4 Å². The van der Waals surface area contributed by atoms with E-state index in [0.717, 1.165) is 30.6 Å². The molecule has 1 atom stereocenters. The van der Waals surface area contributed by atoms with Gasteiger partial charge in [-0.3, -0.25) is 9.36 Å². The van der Waals surface area contributed by atoms with E-state index in [1.54, 1.807) is 12.1 Å². The Labute approximate surface area is 204 Å². The zero-order chi connectivity index (χ0) is 24.1. The number of hydrogen-bond acceptors (Lipinski definition) is 5. The third-order valence-corrected chi connectivity index (χ3v) is 6.80. The number of aromatic nitrogens is 3. The van der Waals surface area contributed by atoms with Gasteiger partial charge in [0.1, 0.15) is 5.82 Å². The highest BCUT2D eigenvalue weighted by atomic mass is 32.2. The molecule has 3 aromatic rings. The molecule has 2 heterocycles. The minimum absolute atomic E-state index is 0.0383. The number of nitrogens with zero attached hydrogens (tertiary/aromatic N) is 4. The Morgan fingerprint density at radius 3 is 2.53 bits per heavy atom. The van der Waals surface area contributed by atoms with Crippen LogP contribution in [-0.4, -0.2) is 49.6 Å². The molecule has 0 saturated carbocycles. The highest BCUT2D eigenvalue weighted by Crippen LogP contribution is 2.28. The van der Waals surface area contributed by atoms with E-state index >= 15 is 0 Å². The topological polar surface area (TPSA) is 60.2 Å². The Morgan fingerprint density at radius 1 is 1.15 bits per heavy atom. The summed E-state index contributed by atoms with van der Waals surface area (Å²) in [5.74, 6) is 0.644. The molecule has 1 fully saturated rings. The molecule has 2 aromatic carbocycles. The fraction of sp³-hybridized carbons (Fsp3) is 0.423. The van der Waals surface area contributed by atoms with Crippen LogP contribution in [0.3, 0.4) is 0 Å². The summed E-state index contributed by atoms with van der Waals surface area (Å²) >= 11 is 1.38. The second-order valence-corrected chi connectivity index (χ2v) is 10.4. The summed E-state index contributed by atoms with van der Waals surface area (Å²) in [6.45, 7) is 8.04. The van der Waals surface area contributed by atoms with Crippen LogP contribution >= 0.6 is 11.8 Å². The van der Waals surface area contributed by atoms with Crippen LogP contribution in [0.4, 0.5) is 4.39 Å². The molecule has 6 nitrogen and oxygen atoms in total. The van der Waals surface area contributed by atoms with Crippen molar-refractivity contribution in [2.45, 2.75) is 63.5 Å². The molecule has 1 amide bonds. The van der Waals surface area contributed by atoms with Gasteiger partial charge in [-0.25, -0.2) is 4.39 Å². The van der Waals surface area contributed by atoms with Crippen LogP contribution in [0.5, 0.6) is 0 Å². The second kappa shape index (κ2) is 10.7. The molecule has 0 unspecified atom stereocenters. The first-order chi connectivity index (χ1) is 16.3. The maximum absolute atomic E-state index is 13.5. The Morgan fingerprint density at radius 2 is 1.88 bits per heavy atom. The normalized spacial score (nSPS) is 16.1. The highest BCUT2D eigenvalue weighted by molar-refractivity contribution is 7.99. The number of amides is 1. The van der Waals surface area contributed by atoms with Gasteiger partial charge >= 0.3 is 0 Å². The van der Waals surface area contributed by atoms with Crippen molar-refractivity contribution in [3.05, 3.63) is 66.0 Å². The van der Waals surface area contributed by atoms with Crippen LogP contribution in [0, 0.1) is 5.82 Å². The number of hydrogen-bond donors (Lipinski definition) is 0. The highest BCUT2D eigenvalue weighted by Gasteiger charge is 2.28. The molecule has 180 valence electrons. The standard InChI is InChI=1S/C26H31FN4O2S/c1-26(2,3)31(16-19-8-5-4-6-9-19)23(32)18-34-25-29-28-24(20-11-13-21(27)14-12-20)30(25)17-22-10-7-15-33-22/h4-6,8-9,11-14,22H,7,10,15-18H2,1-3H3/t22-/m0/s1. The minimum atomic E-state index is -0.321. The molecule has 1 saturated heterocycles. The summed E-state index contributed by atoms with van der Waals surface area (Å²) < 4.78 is 21.3. The van der Waals surface area contributed by atoms with Gasteiger partial charge in [0.25, 0.3) is 0 Å². The maximum atomic E-state index is 13.5. The average Bonchev–Trinajstić information content (AvgIpc) is 3.47. The Hall–Kier alpha value is -2.71. The van der Waals surface area contributed by atoms with Crippen LogP contribution in [0.2, 0.25) is 0 Å². The number of benzene rings is 2. The molecule has 0 N–H and O–H groups in total. The van der Waals surface area contributed by atoms with Crippen molar-refractivity contribution in [3.8, 4) is 11.4 Å². The summed E-state index contributed by atoms with van der Waals surface area (Å²) in [6.07, 6.45) is 2.08. The molecule has 34 heavy (non-hydrogen) atoms. The van der Waals surface area contributed by atoms with Gasteiger partial charge in [0.15, 0.2) is 11.0 Å². The number of carbonyl (C=O) groups is 1. The predicted molar refractivity (Wildman–Crippen MR) is 132 cm³/mol. The van der Waals surface area contributed by atoms with E-state index < -0.39 is 0 Å². The molecular formula is C26H31FN4O2S. The van der Waals surface area contributed by atoms with Crippen LogP contribution in [0.25, 0.3) is 11.4 Å². The van der Waals surface area contributed by atoms with E-state index in [4.69, 9.17) is 4.74 Å².